The van der Waals surface area contributed by atoms with Crippen molar-refractivity contribution in [3.05, 3.63) is 58.5 Å². The van der Waals surface area contributed by atoms with Gasteiger partial charge < -0.3 is 25.1 Å². The Hall–Kier alpha value is -4.71. The molecule has 0 unspecified atom stereocenters. The molecule has 3 aliphatic rings. The summed E-state index contributed by atoms with van der Waals surface area (Å²) >= 11 is 1.21. The Bertz CT molecular complexity index is 1830. The van der Waals surface area contributed by atoms with Crippen molar-refractivity contribution in [2.45, 2.75) is 12.6 Å². The van der Waals surface area contributed by atoms with Crippen LogP contribution in [0.4, 0.5) is 20.9 Å². The first-order valence-corrected chi connectivity index (χ1v) is 15.0. The van der Waals surface area contributed by atoms with Gasteiger partial charge in [0, 0.05) is 69.4 Å². The molecule has 14 heteroatoms. The number of aliphatic hydroxyl groups excluding tert-OH is 1. The summed E-state index contributed by atoms with van der Waals surface area (Å²) in [5, 5.41) is 23.5. The van der Waals surface area contributed by atoms with Gasteiger partial charge in [-0.2, -0.15) is 5.26 Å². The highest BCUT2D eigenvalue weighted by Crippen LogP contribution is 2.41. The van der Waals surface area contributed by atoms with E-state index in [-0.39, 0.29) is 17.6 Å². The SMILES string of the molecule is CN(c1nc(-c2ccc(F)cc2)c(C#N)s1)c1c2c(nc3ncc(N4CCN(CC(=O)N5CC(O)C5)CC4)cc13)C(=O)NC2. The number of aromatic nitrogens is 3. The number of carbonyl (C=O) groups excluding carboxylic acids is 2. The number of β-amino-alcohol motifs (C(OH)–C–C–N with tert-alkyl or cyclic N) is 1. The molecule has 0 atom stereocenters. The third-order valence-corrected chi connectivity index (χ3v) is 9.34. The molecule has 6 heterocycles. The number of fused-ring (bicyclic) bond motifs is 2. The summed E-state index contributed by atoms with van der Waals surface area (Å²) < 4.78 is 13.6. The van der Waals surface area contributed by atoms with Gasteiger partial charge in [-0.3, -0.25) is 14.5 Å². The maximum absolute atomic E-state index is 13.6. The molecule has 0 bridgehead atoms. The Labute approximate surface area is 256 Å². The van der Waals surface area contributed by atoms with Crippen LogP contribution < -0.4 is 15.1 Å². The first-order valence-electron chi connectivity index (χ1n) is 14.2. The van der Waals surface area contributed by atoms with E-state index >= 15 is 0 Å². The van der Waals surface area contributed by atoms with Crippen LogP contribution >= 0.6 is 11.3 Å². The molecule has 224 valence electrons. The highest BCUT2D eigenvalue weighted by molar-refractivity contribution is 7.16. The Morgan fingerprint density at radius 1 is 1.18 bits per heavy atom. The van der Waals surface area contributed by atoms with Gasteiger partial charge in [0.2, 0.25) is 5.91 Å². The minimum atomic E-state index is -0.411. The van der Waals surface area contributed by atoms with Crippen molar-refractivity contribution in [2.75, 3.05) is 62.7 Å². The summed E-state index contributed by atoms with van der Waals surface area (Å²) in [6.45, 7) is 4.25. The quantitative estimate of drug-likeness (QED) is 0.332. The van der Waals surface area contributed by atoms with Gasteiger partial charge in [-0.1, -0.05) is 11.3 Å². The van der Waals surface area contributed by atoms with E-state index < -0.39 is 6.10 Å². The molecule has 2 amide bonds. The monoisotopic (exact) mass is 613 g/mol. The molecule has 2 fully saturated rings. The lowest BCUT2D eigenvalue weighted by Crippen LogP contribution is -2.57. The number of piperazine rings is 1. The summed E-state index contributed by atoms with van der Waals surface area (Å²) in [6, 6.07) is 10.1. The number of carbonyl (C=O) groups is 2. The molecule has 0 spiro atoms. The van der Waals surface area contributed by atoms with Gasteiger partial charge in [0.05, 0.1) is 30.2 Å². The first kappa shape index (κ1) is 28.1. The zero-order valence-corrected chi connectivity index (χ0v) is 24.6. The number of nitrogens with zero attached hydrogens (tertiary/aromatic N) is 8. The van der Waals surface area contributed by atoms with Crippen molar-refractivity contribution in [2.24, 2.45) is 0 Å². The van der Waals surface area contributed by atoms with Gasteiger partial charge in [-0.25, -0.2) is 19.3 Å². The Balaban J connectivity index is 1.20. The van der Waals surface area contributed by atoms with Gasteiger partial charge >= 0.3 is 0 Å². The largest absolute Gasteiger partial charge is 0.389 e. The number of nitriles is 1. The van der Waals surface area contributed by atoms with Crippen LogP contribution in [-0.2, 0) is 11.3 Å². The second kappa shape index (κ2) is 11.1. The standard InChI is InChI=1S/C30H28FN9O3S/c1-37(30-36-25(23(11-32)44-30)17-2-4-18(31)5-3-17)27-21-10-19(12-33-28(21)35-26-22(27)13-34-29(26)43)39-8-6-38(7-9-39)16-24(42)40-14-20(41)15-40/h2-5,10,12,20,41H,6-9,13-16H2,1H3,(H,34,43). The molecule has 12 nitrogen and oxygen atoms in total. The normalized spacial score (nSPS) is 16.9. The molecular weight excluding hydrogens is 585 g/mol. The molecule has 7 rings (SSSR count). The van der Waals surface area contributed by atoms with E-state index in [1.807, 2.05) is 18.0 Å². The van der Waals surface area contributed by atoms with Crippen molar-refractivity contribution < 1.29 is 19.1 Å². The van der Waals surface area contributed by atoms with Crippen LogP contribution in [0.2, 0.25) is 0 Å². The average Bonchev–Trinajstić information content (AvgIpc) is 3.62. The molecule has 3 aromatic heterocycles. The molecule has 44 heavy (non-hydrogen) atoms. The Kier molecular flexibility index (Phi) is 7.08. The predicted molar refractivity (Wildman–Crippen MR) is 162 cm³/mol. The number of halogens is 1. The molecule has 4 aromatic rings. The Morgan fingerprint density at radius 3 is 2.64 bits per heavy atom. The van der Waals surface area contributed by atoms with Crippen molar-refractivity contribution in [3.63, 3.8) is 0 Å². The number of likely N-dealkylation sites (tertiary alicyclic amines) is 1. The molecule has 2 N–H and O–H groups in total. The van der Waals surface area contributed by atoms with E-state index in [1.54, 1.807) is 23.2 Å². The van der Waals surface area contributed by atoms with Gasteiger partial charge in [-0.05, 0) is 30.3 Å². The van der Waals surface area contributed by atoms with Crippen LogP contribution in [-0.4, -0.2) is 101 Å². The fourth-order valence-corrected chi connectivity index (χ4v) is 6.72. The fraction of sp³-hybridized carbons (Fsp3) is 0.333. The number of amides is 2. The lowest BCUT2D eigenvalue weighted by Gasteiger charge is -2.39. The molecule has 1 aromatic carbocycles. The van der Waals surface area contributed by atoms with Gasteiger partial charge in [0.15, 0.2) is 10.8 Å². The van der Waals surface area contributed by atoms with E-state index in [2.05, 4.69) is 31.2 Å². The summed E-state index contributed by atoms with van der Waals surface area (Å²) in [5.74, 6) is -0.609. The van der Waals surface area contributed by atoms with E-state index in [4.69, 9.17) is 4.98 Å². The maximum Gasteiger partial charge on any atom is 0.270 e. The lowest BCUT2D eigenvalue weighted by molar-refractivity contribution is -0.142. The number of thiazole rings is 1. The van der Waals surface area contributed by atoms with Crippen LogP contribution in [0.25, 0.3) is 22.3 Å². The van der Waals surface area contributed by atoms with Crippen LogP contribution in [0, 0.1) is 17.1 Å². The Morgan fingerprint density at radius 2 is 1.93 bits per heavy atom. The van der Waals surface area contributed by atoms with Crippen molar-refractivity contribution in [1.82, 2.24) is 30.1 Å². The van der Waals surface area contributed by atoms with Crippen LogP contribution in [0.1, 0.15) is 20.9 Å². The van der Waals surface area contributed by atoms with Crippen molar-refractivity contribution in [3.8, 4) is 17.3 Å². The van der Waals surface area contributed by atoms with E-state index in [0.717, 1.165) is 22.3 Å². The molecule has 0 saturated carbocycles. The highest BCUT2D eigenvalue weighted by Gasteiger charge is 2.32. The van der Waals surface area contributed by atoms with E-state index in [9.17, 15) is 24.3 Å². The molecule has 0 radical (unpaired) electrons. The third kappa shape index (κ3) is 4.98. The number of hydrogen-bond donors (Lipinski definition) is 2. The number of aliphatic hydroxyl groups is 1. The van der Waals surface area contributed by atoms with Crippen LogP contribution in [0.5, 0.6) is 0 Å². The minimum Gasteiger partial charge on any atom is -0.389 e. The zero-order chi connectivity index (χ0) is 30.5. The number of benzene rings is 1. The predicted octanol–water partition coefficient (Wildman–Crippen LogP) is 2.10. The minimum absolute atomic E-state index is 0.0382. The van der Waals surface area contributed by atoms with Crippen LogP contribution in [0.15, 0.2) is 36.5 Å². The lowest BCUT2D eigenvalue weighted by atomic mass is 10.1. The molecule has 0 aliphatic carbocycles. The number of pyridine rings is 2. The van der Waals surface area contributed by atoms with Crippen LogP contribution in [0.3, 0.4) is 0 Å². The van der Waals surface area contributed by atoms with Crippen molar-refractivity contribution >= 4 is 50.7 Å². The summed E-state index contributed by atoms with van der Waals surface area (Å²) in [4.78, 5) is 47.4. The summed E-state index contributed by atoms with van der Waals surface area (Å²) in [6.07, 6.45) is 1.34. The smallest absolute Gasteiger partial charge is 0.270 e. The second-order valence-corrected chi connectivity index (χ2v) is 12.1. The maximum atomic E-state index is 13.6. The fourth-order valence-electron chi connectivity index (χ4n) is 5.86. The number of hydrogen-bond acceptors (Lipinski definition) is 11. The van der Waals surface area contributed by atoms with E-state index in [1.165, 1.54) is 23.5 Å². The first-order chi connectivity index (χ1) is 21.3. The number of rotatable bonds is 6. The van der Waals surface area contributed by atoms with Crippen molar-refractivity contribution in [1.29, 1.82) is 5.26 Å². The van der Waals surface area contributed by atoms with Gasteiger partial charge in [0.25, 0.3) is 5.91 Å². The van der Waals surface area contributed by atoms with Gasteiger partial charge in [0.1, 0.15) is 28.2 Å². The second-order valence-electron chi connectivity index (χ2n) is 11.1. The third-order valence-electron chi connectivity index (χ3n) is 8.31. The van der Waals surface area contributed by atoms with E-state index in [0.29, 0.717) is 85.0 Å². The summed E-state index contributed by atoms with van der Waals surface area (Å²) in [5.41, 5.74) is 4.17. The van der Waals surface area contributed by atoms with Gasteiger partial charge in [-0.15, -0.1) is 0 Å². The number of nitrogens with one attached hydrogen (secondary N) is 1. The molecule has 3 aliphatic heterocycles. The molecular formula is C30H28FN9O3S. The zero-order valence-electron chi connectivity index (χ0n) is 23.8. The molecule has 2 saturated heterocycles. The highest BCUT2D eigenvalue weighted by atomic mass is 32.1. The number of anilines is 3. The summed E-state index contributed by atoms with van der Waals surface area (Å²) in [7, 11) is 1.84. The topological polar surface area (TPSA) is 142 Å². The average molecular weight is 614 g/mol.